The van der Waals surface area contributed by atoms with Crippen molar-refractivity contribution in [2.24, 2.45) is 23.2 Å². The maximum Gasteiger partial charge on any atom is 0.243 e. The van der Waals surface area contributed by atoms with Gasteiger partial charge < -0.3 is 5.32 Å². The van der Waals surface area contributed by atoms with Crippen molar-refractivity contribution in [3.63, 3.8) is 0 Å². The molecule has 0 saturated heterocycles. The number of nitrogens with zero attached hydrogens (tertiary/aromatic N) is 4. The monoisotopic (exact) mass is 383 g/mol. The van der Waals surface area contributed by atoms with Crippen molar-refractivity contribution >= 4 is 5.91 Å². The van der Waals surface area contributed by atoms with E-state index in [2.05, 4.69) is 27.7 Å². The lowest BCUT2D eigenvalue weighted by atomic mass is 9.48. The normalized spacial score (nSPS) is 31.7. The molecule has 1 aromatic heterocycles. The lowest BCUT2D eigenvalue weighted by Gasteiger charge is -2.59. The Hall–Kier alpha value is -2.31. The van der Waals surface area contributed by atoms with E-state index < -0.39 is 0 Å². The van der Waals surface area contributed by atoms with Crippen LogP contribution in [0, 0.1) is 29.0 Å². The molecule has 4 bridgehead atoms. The second-order valence-electron chi connectivity index (χ2n) is 9.22. The number of aromatic nitrogens is 4. The number of carbonyl (C=O) groups is 1. The fraction of sp³-hybridized carbons (Fsp3) is 0.619. The van der Waals surface area contributed by atoms with Crippen LogP contribution >= 0.6 is 0 Å². The van der Waals surface area contributed by atoms with Crippen LogP contribution < -0.4 is 5.32 Å². The minimum absolute atomic E-state index is 0.0268. The first-order chi connectivity index (χ1) is 13.5. The molecule has 7 heteroatoms. The highest BCUT2D eigenvalue weighted by Crippen LogP contribution is 2.61. The summed E-state index contributed by atoms with van der Waals surface area (Å²) < 4.78 is 13.4. The van der Waals surface area contributed by atoms with Crippen LogP contribution in [0.1, 0.15) is 45.4 Å². The van der Waals surface area contributed by atoms with Gasteiger partial charge >= 0.3 is 0 Å². The standard InChI is InChI=1S/C21H26FN5O/c1-13(21-9-14-5-15(10-21)7-16(6-14)11-21)23-19(28)12-27-25-20(24-26-27)17-3-2-4-18(22)8-17/h2-4,8,13-16H,5-7,9-12H2,1H3,(H,23,28)/t13-,14?,15?,16?,21?/m0/s1. The first-order valence-electron chi connectivity index (χ1n) is 10.3. The maximum atomic E-state index is 13.4. The Kier molecular flexibility index (Phi) is 4.21. The zero-order valence-corrected chi connectivity index (χ0v) is 16.1. The Balaban J connectivity index is 1.23. The second kappa shape index (κ2) is 6.64. The topological polar surface area (TPSA) is 72.7 Å². The lowest BCUT2D eigenvalue weighted by molar-refractivity contribution is -0.126. The first kappa shape index (κ1) is 17.8. The molecule has 6 nitrogen and oxygen atoms in total. The highest BCUT2D eigenvalue weighted by atomic mass is 19.1. The number of benzene rings is 1. The summed E-state index contributed by atoms with van der Waals surface area (Å²) in [6.07, 6.45) is 7.95. The molecular weight excluding hydrogens is 357 g/mol. The van der Waals surface area contributed by atoms with E-state index in [-0.39, 0.29) is 29.7 Å². The first-order valence-corrected chi connectivity index (χ1v) is 10.3. The predicted octanol–water partition coefficient (Wildman–Crippen LogP) is 3.20. The predicted molar refractivity (Wildman–Crippen MR) is 101 cm³/mol. The molecule has 4 aliphatic rings. The zero-order chi connectivity index (χ0) is 19.3. The summed E-state index contributed by atoms with van der Waals surface area (Å²) >= 11 is 0. The van der Waals surface area contributed by atoms with Crippen molar-refractivity contribution in [2.45, 2.75) is 58.0 Å². The fourth-order valence-corrected chi connectivity index (χ4v) is 6.33. The summed E-state index contributed by atoms with van der Waals surface area (Å²) in [6, 6.07) is 6.22. The van der Waals surface area contributed by atoms with Gasteiger partial charge in [0.25, 0.3) is 0 Å². The summed E-state index contributed by atoms with van der Waals surface area (Å²) in [4.78, 5) is 13.9. The molecule has 4 fully saturated rings. The van der Waals surface area contributed by atoms with Crippen molar-refractivity contribution in [2.75, 3.05) is 0 Å². The van der Waals surface area contributed by atoms with Crippen molar-refractivity contribution < 1.29 is 9.18 Å². The average Bonchev–Trinajstić information content (AvgIpc) is 3.09. The summed E-state index contributed by atoms with van der Waals surface area (Å²) in [5.74, 6) is 2.45. The fourth-order valence-electron chi connectivity index (χ4n) is 6.33. The van der Waals surface area contributed by atoms with E-state index in [1.807, 2.05) is 0 Å². The van der Waals surface area contributed by atoms with Gasteiger partial charge in [-0.25, -0.2) is 4.39 Å². The Morgan fingerprint density at radius 2 is 1.93 bits per heavy atom. The number of carbonyl (C=O) groups excluding carboxylic acids is 1. The number of tetrazole rings is 1. The largest absolute Gasteiger partial charge is 0.351 e. The second-order valence-corrected chi connectivity index (χ2v) is 9.22. The van der Waals surface area contributed by atoms with Crippen LogP contribution in [0.25, 0.3) is 11.4 Å². The van der Waals surface area contributed by atoms with Crippen molar-refractivity contribution in [3.05, 3.63) is 30.1 Å². The highest BCUT2D eigenvalue weighted by Gasteiger charge is 2.53. The Morgan fingerprint density at radius 1 is 1.25 bits per heavy atom. The summed E-state index contributed by atoms with van der Waals surface area (Å²) in [6.45, 7) is 2.19. The molecule has 1 amide bonds. The highest BCUT2D eigenvalue weighted by molar-refractivity contribution is 5.76. The molecule has 0 unspecified atom stereocenters. The lowest BCUT2D eigenvalue weighted by Crippen LogP contribution is -2.56. The van der Waals surface area contributed by atoms with E-state index in [0.717, 1.165) is 17.8 Å². The van der Waals surface area contributed by atoms with E-state index in [1.165, 1.54) is 55.5 Å². The molecule has 1 aromatic carbocycles. The van der Waals surface area contributed by atoms with E-state index in [9.17, 15) is 9.18 Å². The number of hydrogen-bond donors (Lipinski definition) is 1. The zero-order valence-electron chi connectivity index (χ0n) is 16.1. The SMILES string of the molecule is C[C@H](NC(=O)Cn1nnc(-c2cccc(F)c2)n1)C12CC3CC(CC(C3)C1)C2. The number of halogens is 1. The number of amides is 1. The van der Waals surface area contributed by atoms with Crippen LogP contribution in [0.3, 0.4) is 0 Å². The molecule has 1 N–H and O–H groups in total. The molecule has 0 aliphatic heterocycles. The van der Waals surface area contributed by atoms with Crippen LogP contribution in [0.5, 0.6) is 0 Å². The molecule has 1 heterocycles. The summed E-state index contributed by atoms with van der Waals surface area (Å²) in [7, 11) is 0. The number of rotatable bonds is 5. The Morgan fingerprint density at radius 3 is 2.57 bits per heavy atom. The smallest absolute Gasteiger partial charge is 0.243 e. The molecule has 4 saturated carbocycles. The quantitative estimate of drug-likeness (QED) is 0.861. The van der Waals surface area contributed by atoms with Gasteiger partial charge in [0, 0.05) is 11.6 Å². The van der Waals surface area contributed by atoms with Gasteiger partial charge in [-0.3, -0.25) is 4.79 Å². The molecule has 148 valence electrons. The number of hydrogen-bond acceptors (Lipinski definition) is 4. The van der Waals surface area contributed by atoms with Gasteiger partial charge in [-0.2, -0.15) is 4.80 Å². The molecule has 4 aliphatic carbocycles. The van der Waals surface area contributed by atoms with E-state index >= 15 is 0 Å². The van der Waals surface area contributed by atoms with Gasteiger partial charge in [-0.1, -0.05) is 12.1 Å². The summed E-state index contributed by atoms with van der Waals surface area (Å²) in [5.41, 5.74) is 0.820. The van der Waals surface area contributed by atoms with Crippen LogP contribution in [-0.2, 0) is 11.3 Å². The van der Waals surface area contributed by atoms with Gasteiger partial charge in [0.2, 0.25) is 11.7 Å². The molecule has 28 heavy (non-hydrogen) atoms. The van der Waals surface area contributed by atoms with Gasteiger partial charge in [-0.05, 0) is 86.0 Å². The van der Waals surface area contributed by atoms with Gasteiger partial charge in [-0.15, -0.1) is 10.2 Å². The van der Waals surface area contributed by atoms with Gasteiger partial charge in [0.1, 0.15) is 12.4 Å². The van der Waals surface area contributed by atoms with Crippen LogP contribution in [0.15, 0.2) is 24.3 Å². The van der Waals surface area contributed by atoms with Crippen LogP contribution in [0.2, 0.25) is 0 Å². The average molecular weight is 383 g/mol. The van der Waals surface area contributed by atoms with Crippen molar-refractivity contribution in [1.29, 1.82) is 0 Å². The van der Waals surface area contributed by atoms with Crippen LogP contribution in [0.4, 0.5) is 4.39 Å². The third-order valence-corrected chi connectivity index (χ3v) is 7.20. The summed E-state index contributed by atoms with van der Waals surface area (Å²) in [5, 5.41) is 15.3. The van der Waals surface area contributed by atoms with Crippen LogP contribution in [-0.4, -0.2) is 32.2 Å². The molecular formula is C21H26FN5O. The maximum absolute atomic E-state index is 13.4. The Labute approximate surface area is 163 Å². The van der Waals surface area contributed by atoms with Crippen molar-refractivity contribution in [1.82, 2.24) is 25.5 Å². The molecule has 0 spiro atoms. The van der Waals surface area contributed by atoms with E-state index in [4.69, 9.17) is 0 Å². The molecule has 0 radical (unpaired) electrons. The van der Waals surface area contributed by atoms with E-state index in [0.29, 0.717) is 11.4 Å². The van der Waals surface area contributed by atoms with Crippen molar-refractivity contribution in [3.8, 4) is 11.4 Å². The van der Waals surface area contributed by atoms with Gasteiger partial charge in [0.05, 0.1) is 0 Å². The molecule has 1 atom stereocenters. The number of nitrogens with one attached hydrogen (secondary N) is 1. The van der Waals surface area contributed by atoms with E-state index in [1.54, 1.807) is 12.1 Å². The molecule has 6 rings (SSSR count). The minimum Gasteiger partial charge on any atom is -0.351 e. The third kappa shape index (κ3) is 3.20. The molecule has 2 aromatic rings. The van der Waals surface area contributed by atoms with Gasteiger partial charge in [0.15, 0.2) is 0 Å². The third-order valence-electron chi connectivity index (χ3n) is 7.20. The Bertz CT molecular complexity index is 859. The minimum atomic E-state index is -0.351.